The first-order valence-electron chi connectivity index (χ1n) is 6.22. The summed E-state index contributed by atoms with van der Waals surface area (Å²) in [7, 11) is 2.96. The normalized spacial score (nSPS) is 9.95. The summed E-state index contributed by atoms with van der Waals surface area (Å²) >= 11 is 0. The van der Waals surface area contributed by atoms with Gasteiger partial charge in [-0.1, -0.05) is 0 Å². The lowest BCUT2D eigenvalue weighted by molar-refractivity contribution is -0.141. The zero-order valence-corrected chi connectivity index (χ0v) is 11.6. The largest absolute Gasteiger partial charge is 0.484 e. The monoisotopic (exact) mass is 283 g/mol. The highest BCUT2D eigenvalue weighted by Gasteiger charge is 2.10. The lowest BCUT2D eigenvalue weighted by Crippen LogP contribution is -2.32. The zero-order chi connectivity index (χ0) is 15.0. The molecule has 0 spiro atoms. The SMILES string of the molecule is COC(=O)CCCN(C)C(=O)COc1ccc(F)cc1. The van der Waals surface area contributed by atoms with Gasteiger partial charge in [0.2, 0.25) is 0 Å². The Bertz CT molecular complexity index is 447. The third-order valence-corrected chi connectivity index (χ3v) is 2.70. The van der Waals surface area contributed by atoms with E-state index in [4.69, 9.17) is 4.74 Å². The van der Waals surface area contributed by atoms with Gasteiger partial charge in [0.25, 0.3) is 5.91 Å². The van der Waals surface area contributed by atoms with Crippen LogP contribution in [0.15, 0.2) is 24.3 Å². The molecule has 0 aliphatic rings. The maximum absolute atomic E-state index is 12.7. The molecule has 0 saturated heterocycles. The van der Waals surface area contributed by atoms with Crippen molar-refractivity contribution in [2.45, 2.75) is 12.8 Å². The summed E-state index contributed by atoms with van der Waals surface area (Å²) in [4.78, 5) is 24.1. The minimum absolute atomic E-state index is 0.125. The van der Waals surface area contributed by atoms with Crippen molar-refractivity contribution in [1.29, 1.82) is 0 Å². The van der Waals surface area contributed by atoms with E-state index in [0.717, 1.165) is 0 Å². The number of methoxy groups -OCH3 is 1. The molecule has 1 amide bonds. The Morgan fingerprint density at radius 1 is 1.25 bits per heavy atom. The Morgan fingerprint density at radius 3 is 2.50 bits per heavy atom. The number of amides is 1. The van der Waals surface area contributed by atoms with Crippen LogP contribution in [-0.4, -0.2) is 44.1 Å². The number of halogens is 1. The topological polar surface area (TPSA) is 55.8 Å². The second-order valence-corrected chi connectivity index (χ2v) is 4.24. The minimum atomic E-state index is -0.358. The number of carbonyl (C=O) groups is 2. The molecule has 0 fully saturated rings. The molecule has 110 valence electrons. The van der Waals surface area contributed by atoms with E-state index in [-0.39, 0.29) is 30.7 Å². The van der Waals surface area contributed by atoms with Crippen molar-refractivity contribution in [3.8, 4) is 5.75 Å². The third kappa shape index (κ3) is 5.69. The minimum Gasteiger partial charge on any atom is -0.484 e. The molecule has 5 nitrogen and oxygen atoms in total. The van der Waals surface area contributed by atoms with E-state index in [1.54, 1.807) is 7.05 Å². The van der Waals surface area contributed by atoms with Crippen molar-refractivity contribution < 1.29 is 23.5 Å². The molecule has 0 heterocycles. The van der Waals surface area contributed by atoms with E-state index in [1.807, 2.05) is 0 Å². The quantitative estimate of drug-likeness (QED) is 0.713. The van der Waals surface area contributed by atoms with Crippen LogP contribution in [0.1, 0.15) is 12.8 Å². The number of likely N-dealkylation sites (N-methyl/N-ethyl adjacent to an activating group) is 1. The molecule has 0 aliphatic heterocycles. The second-order valence-electron chi connectivity index (χ2n) is 4.24. The number of nitrogens with zero attached hydrogens (tertiary/aromatic N) is 1. The summed E-state index contributed by atoms with van der Waals surface area (Å²) in [5.41, 5.74) is 0. The first-order valence-corrected chi connectivity index (χ1v) is 6.22. The Kier molecular flexibility index (Phi) is 6.49. The van der Waals surface area contributed by atoms with Gasteiger partial charge in [0.15, 0.2) is 6.61 Å². The summed E-state index contributed by atoms with van der Waals surface area (Å²) in [5.74, 6) is -0.432. The van der Waals surface area contributed by atoms with E-state index in [1.165, 1.54) is 36.3 Å². The molecule has 0 bridgehead atoms. The van der Waals surface area contributed by atoms with Gasteiger partial charge in [-0.3, -0.25) is 9.59 Å². The molecule has 0 unspecified atom stereocenters. The highest BCUT2D eigenvalue weighted by molar-refractivity contribution is 5.77. The highest BCUT2D eigenvalue weighted by atomic mass is 19.1. The van der Waals surface area contributed by atoms with E-state index in [2.05, 4.69) is 4.74 Å². The lowest BCUT2D eigenvalue weighted by atomic mass is 10.3. The average Bonchev–Trinajstić information content (AvgIpc) is 2.45. The highest BCUT2D eigenvalue weighted by Crippen LogP contribution is 2.11. The molecular formula is C14H18FNO4. The Labute approximate surface area is 117 Å². The predicted octanol–water partition coefficient (Wildman–Crippen LogP) is 1.62. The average molecular weight is 283 g/mol. The summed E-state index contributed by atoms with van der Waals surface area (Å²) < 4.78 is 22.4. The smallest absolute Gasteiger partial charge is 0.305 e. The molecule has 0 aromatic heterocycles. The fourth-order valence-electron chi connectivity index (χ4n) is 1.47. The van der Waals surface area contributed by atoms with Gasteiger partial charge in [-0.05, 0) is 30.7 Å². The number of hydrogen-bond acceptors (Lipinski definition) is 4. The van der Waals surface area contributed by atoms with Gasteiger partial charge in [0, 0.05) is 20.0 Å². The van der Waals surface area contributed by atoms with Crippen LogP contribution in [0.2, 0.25) is 0 Å². The number of ether oxygens (including phenoxy) is 2. The number of rotatable bonds is 7. The van der Waals surface area contributed by atoms with Crippen molar-refractivity contribution >= 4 is 11.9 Å². The predicted molar refractivity (Wildman–Crippen MR) is 70.8 cm³/mol. The van der Waals surface area contributed by atoms with Crippen molar-refractivity contribution in [1.82, 2.24) is 4.90 Å². The first kappa shape index (κ1) is 15.9. The van der Waals surface area contributed by atoms with Crippen LogP contribution in [0.4, 0.5) is 4.39 Å². The van der Waals surface area contributed by atoms with Crippen molar-refractivity contribution in [2.24, 2.45) is 0 Å². The molecule has 0 aliphatic carbocycles. The van der Waals surface area contributed by atoms with Gasteiger partial charge in [0.1, 0.15) is 11.6 Å². The third-order valence-electron chi connectivity index (χ3n) is 2.70. The molecule has 6 heteroatoms. The van der Waals surface area contributed by atoms with Crippen LogP contribution < -0.4 is 4.74 Å². The summed E-state index contributed by atoms with van der Waals surface area (Å²) in [6.45, 7) is 0.321. The molecule has 0 atom stereocenters. The molecule has 1 rings (SSSR count). The standard InChI is InChI=1S/C14H18FNO4/c1-16(9-3-4-14(18)19-2)13(17)10-20-12-7-5-11(15)6-8-12/h5-8H,3-4,9-10H2,1-2H3. The second kappa shape index (κ2) is 8.14. The van der Waals surface area contributed by atoms with Crippen LogP contribution in [0.3, 0.4) is 0 Å². The van der Waals surface area contributed by atoms with Crippen LogP contribution in [-0.2, 0) is 14.3 Å². The van der Waals surface area contributed by atoms with E-state index in [0.29, 0.717) is 18.7 Å². The molecule has 0 radical (unpaired) electrons. The van der Waals surface area contributed by atoms with Crippen LogP contribution in [0.25, 0.3) is 0 Å². The summed E-state index contributed by atoms with van der Waals surface area (Å²) in [6, 6.07) is 5.44. The van der Waals surface area contributed by atoms with Crippen LogP contribution >= 0.6 is 0 Å². The van der Waals surface area contributed by atoms with Gasteiger partial charge in [-0.25, -0.2) is 4.39 Å². The van der Waals surface area contributed by atoms with E-state index < -0.39 is 0 Å². The maximum atomic E-state index is 12.7. The molecule has 0 N–H and O–H groups in total. The van der Waals surface area contributed by atoms with E-state index >= 15 is 0 Å². The van der Waals surface area contributed by atoms with Gasteiger partial charge in [-0.2, -0.15) is 0 Å². The summed E-state index contributed by atoms with van der Waals surface area (Å²) in [6.07, 6.45) is 0.804. The van der Waals surface area contributed by atoms with E-state index in [9.17, 15) is 14.0 Å². The molecule has 1 aromatic rings. The van der Waals surface area contributed by atoms with Gasteiger partial charge >= 0.3 is 5.97 Å². The van der Waals surface area contributed by atoms with Crippen LogP contribution in [0, 0.1) is 5.82 Å². The fraction of sp³-hybridized carbons (Fsp3) is 0.429. The molecular weight excluding hydrogens is 265 g/mol. The molecule has 0 saturated carbocycles. The molecule has 20 heavy (non-hydrogen) atoms. The Hall–Kier alpha value is -2.11. The number of benzene rings is 1. The van der Waals surface area contributed by atoms with Crippen molar-refractivity contribution in [3.63, 3.8) is 0 Å². The van der Waals surface area contributed by atoms with Gasteiger partial charge in [-0.15, -0.1) is 0 Å². The number of esters is 1. The zero-order valence-electron chi connectivity index (χ0n) is 11.6. The van der Waals surface area contributed by atoms with Gasteiger partial charge in [0.05, 0.1) is 7.11 Å². The first-order chi connectivity index (χ1) is 9.52. The van der Waals surface area contributed by atoms with Crippen molar-refractivity contribution in [2.75, 3.05) is 27.3 Å². The van der Waals surface area contributed by atoms with Crippen molar-refractivity contribution in [3.05, 3.63) is 30.1 Å². The molecule has 1 aromatic carbocycles. The van der Waals surface area contributed by atoms with Gasteiger partial charge < -0.3 is 14.4 Å². The Balaban J connectivity index is 2.27. The number of hydrogen-bond donors (Lipinski definition) is 0. The lowest BCUT2D eigenvalue weighted by Gasteiger charge is -2.17. The number of carbonyl (C=O) groups excluding carboxylic acids is 2. The maximum Gasteiger partial charge on any atom is 0.305 e. The fourth-order valence-corrected chi connectivity index (χ4v) is 1.47. The van der Waals surface area contributed by atoms with Crippen LogP contribution in [0.5, 0.6) is 5.75 Å². The summed E-state index contributed by atoms with van der Waals surface area (Å²) in [5, 5.41) is 0. The Morgan fingerprint density at radius 2 is 1.90 bits per heavy atom.